The molecule has 3 nitrogen and oxygen atoms in total. The third-order valence-corrected chi connectivity index (χ3v) is 6.84. The van der Waals surface area contributed by atoms with Crippen LogP contribution in [0.25, 0.3) is 66.1 Å². The second kappa shape index (κ2) is 8.64. The normalized spacial score (nSPS) is 14.5. The monoisotopic (exact) mass is 509 g/mol. The lowest BCUT2D eigenvalue weighted by molar-refractivity contribution is 0.668. The fourth-order valence-corrected chi connectivity index (χ4v) is 5.11. The molecule has 0 saturated carbocycles. The second-order valence-electron chi connectivity index (χ2n) is 9.18. The maximum absolute atomic E-state index is 8.94. The van der Waals surface area contributed by atoms with Gasteiger partial charge >= 0.3 is 0 Å². The maximum atomic E-state index is 8.94. The van der Waals surface area contributed by atoms with Crippen molar-refractivity contribution in [3.05, 3.63) is 133 Å². The first kappa shape index (κ1) is 15.2. The van der Waals surface area contributed by atoms with E-state index in [1.165, 1.54) is 0 Å². The molecule has 0 amide bonds. The van der Waals surface area contributed by atoms with Crippen LogP contribution in [0.1, 0.15) is 11.0 Å². The van der Waals surface area contributed by atoms with Crippen molar-refractivity contribution in [2.75, 3.05) is 5.32 Å². The summed E-state index contributed by atoms with van der Waals surface area (Å²) in [5.74, 6) is 0. The molecule has 0 bridgehead atoms. The number of hydrogen-bond donors (Lipinski definition) is 1. The molecule has 2 heterocycles. The molecule has 8 rings (SSSR count). The van der Waals surface area contributed by atoms with E-state index in [0.717, 1.165) is 10.8 Å². The Morgan fingerprint density at radius 3 is 1.31 bits per heavy atom. The predicted molar refractivity (Wildman–Crippen MR) is 162 cm³/mol. The van der Waals surface area contributed by atoms with E-state index in [4.69, 9.17) is 19.8 Å². The summed E-state index contributed by atoms with van der Waals surface area (Å²) >= 11 is 0. The molecule has 0 aliphatic heterocycles. The van der Waals surface area contributed by atoms with Gasteiger partial charge in [-0.05, 0) is 70.7 Å². The summed E-state index contributed by atoms with van der Waals surface area (Å²) in [5, 5.41) is 5.64. The second-order valence-corrected chi connectivity index (χ2v) is 9.18. The van der Waals surface area contributed by atoms with Crippen molar-refractivity contribution in [3.8, 4) is 22.3 Å². The minimum Gasteiger partial charge on any atom is -0.456 e. The van der Waals surface area contributed by atoms with Gasteiger partial charge in [-0.15, -0.1) is 0 Å². The summed E-state index contributed by atoms with van der Waals surface area (Å²) in [4.78, 5) is 0. The number of anilines is 2. The molecule has 3 heteroatoms. The molecule has 1 N–H and O–H groups in total. The van der Waals surface area contributed by atoms with Crippen molar-refractivity contribution in [2.24, 2.45) is 0 Å². The van der Waals surface area contributed by atoms with Crippen LogP contribution in [-0.4, -0.2) is 0 Å². The predicted octanol–water partition coefficient (Wildman–Crippen LogP) is 10.6. The molecule has 6 aromatic carbocycles. The molecule has 8 aromatic rings. The van der Waals surface area contributed by atoms with Crippen molar-refractivity contribution < 1.29 is 19.8 Å². The SMILES string of the molecule is [2H]c1c([2H])c(-c2cccc3oc4ccccc4c23)c([2H])c([2H])c1Nc1c([2H])c([2H])c(-c2cccc3oc4ccccc4c23)c([2H])c1[2H]. The Morgan fingerprint density at radius 2 is 0.846 bits per heavy atom. The highest BCUT2D eigenvalue weighted by molar-refractivity contribution is 6.13. The Balaban J connectivity index is 1.28. The summed E-state index contributed by atoms with van der Waals surface area (Å²) in [6, 6.07) is 22.3. The fraction of sp³-hybridized carbons (Fsp3) is 0. The maximum Gasteiger partial charge on any atom is 0.136 e. The van der Waals surface area contributed by atoms with Crippen LogP contribution in [0.4, 0.5) is 11.4 Å². The smallest absolute Gasteiger partial charge is 0.136 e. The van der Waals surface area contributed by atoms with Gasteiger partial charge in [0.05, 0.1) is 11.0 Å². The first-order chi connectivity index (χ1) is 22.7. The first-order valence-corrected chi connectivity index (χ1v) is 12.5. The lowest BCUT2D eigenvalue weighted by atomic mass is 9.99. The number of fused-ring (bicyclic) bond motifs is 6. The van der Waals surface area contributed by atoms with Crippen LogP contribution in [0.5, 0.6) is 0 Å². The summed E-state index contributed by atoms with van der Waals surface area (Å²) in [6.07, 6.45) is 0. The molecule has 0 atom stereocenters. The first-order valence-electron chi connectivity index (χ1n) is 16.5. The lowest BCUT2D eigenvalue weighted by Gasteiger charge is -2.10. The van der Waals surface area contributed by atoms with Gasteiger partial charge in [0.25, 0.3) is 0 Å². The highest BCUT2D eigenvalue weighted by atomic mass is 16.3. The summed E-state index contributed by atoms with van der Waals surface area (Å²) in [7, 11) is 0. The van der Waals surface area contributed by atoms with Crippen LogP contribution in [0.15, 0.2) is 142 Å². The lowest BCUT2D eigenvalue weighted by Crippen LogP contribution is -1.90. The van der Waals surface area contributed by atoms with E-state index < -0.39 is 24.2 Å². The zero-order valence-electron chi connectivity index (χ0n) is 28.4. The van der Waals surface area contributed by atoms with Gasteiger partial charge in [0.1, 0.15) is 22.3 Å². The van der Waals surface area contributed by atoms with Crippen molar-refractivity contribution in [1.29, 1.82) is 0 Å². The minimum absolute atomic E-state index is 0.0815. The quantitative estimate of drug-likeness (QED) is 0.256. The summed E-state index contributed by atoms with van der Waals surface area (Å²) in [6.45, 7) is 0. The zero-order valence-corrected chi connectivity index (χ0v) is 20.4. The van der Waals surface area contributed by atoms with E-state index in [0.29, 0.717) is 44.2 Å². The minimum atomic E-state index is -0.415. The third-order valence-electron chi connectivity index (χ3n) is 6.84. The van der Waals surface area contributed by atoms with Crippen LogP contribution in [0.3, 0.4) is 0 Å². The van der Waals surface area contributed by atoms with Crippen LogP contribution in [0.2, 0.25) is 0 Å². The highest BCUT2D eigenvalue weighted by Gasteiger charge is 2.13. The molecule has 0 spiro atoms. The van der Waals surface area contributed by atoms with Crippen LogP contribution in [-0.2, 0) is 0 Å². The molecule has 0 radical (unpaired) electrons. The topological polar surface area (TPSA) is 38.3 Å². The number of rotatable bonds is 4. The average molecular weight is 510 g/mol. The van der Waals surface area contributed by atoms with Gasteiger partial charge in [-0.1, -0.05) is 84.8 Å². The molecule has 0 fully saturated rings. The average Bonchev–Trinajstić information content (AvgIpc) is 3.66. The summed E-state index contributed by atoms with van der Waals surface area (Å²) in [5.41, 5.74) is 2.96. The van der Waals surface area contributed by atoms with Crippen molar-refractivity contribution in [2.45, 2.75) is 0 Å². The van der Waals surface area contributed by atoms with Gasteiger partial charge in [-0.25, -0.2) is 0 Å². The fourth-order valence-electron chi connectivity index (χ4n) is 5.11. The van der Waals surface area contributed by atoms with Crippen LogP contribution >= 0.6 is 0 Å². The Hall–Kier alpha value is -5.28. The molecule has 0 unspecified atom stereocenters. The van der Waals surface area contributed by atoms with E-state index in [9.17, 15) is 0 Å². The molecule has 184 valence electrons. The van der Waals surface area contributed by atoms with E-state index in [1.807, 2.05) is 48.5 Å². The molecule has 0 aliphatic rings. The van der Waals surface area contributed by atoms with E-state index >= 15 is 0 Å². The largest absolute Gasteiger partial charge is 0.456 e. The molecular weight excluding hydrogens is 478 g/mol. The van der Waals surface area contributed by atoms with Crippen molar-refractivity contribution in [3.63, 3.8) is 0 Å². The van der Waals surface area contributed by atoms with Gasteiger partial charge < -0.3 is 14.2 Å². The van der Waals surface area contributed by atoms with E-state index in [-0.39, 0.29) is 46.7 Å². The van der Waals surface area contributed by atoms with Crippen molar-refractivity contribution in [1.82, 2.24) is 0 Å². The molecular formula is C36H23NO2. The number of nitrogens with one attached hydrogen (secondary N) is 1. The standard InChI is InChI=1S/C36H23NO2/c1-3-11-31-29(7-1)35-27(9-5-13-33(35)38-31)23-15-19-25(20-16-23)37-26-21-17-24(18-22-26)28-10-6-14-34-36(28)30-8-2-4-12-32(30)39-34/h1-22,37H/i15D,16D,17D,18D,19D,20D,21D,22D. The Morgan fingerprint density at radius 1 is 0.436 bits per heavy atom. The van der Waals surface area contributed by atoms with Gasteiger partial charge in [0.2, 0.25) is 0 Å². The van der Waals surface area contributed by atoms with Crippen LogP contribution in [0, 0.1) is 0 Å². The molecule has 0 aliphatic carbocycles. The Bertz CT molecular complexity index is 2370. The van der Waals surface area contributed by atoms with Gasteiger partial charge in [-0.2, -0.15) is 0 Å². The number of hydrogen-bond acceptors (Lipinski definition) is 3. The highest BCUT2D eigenvalue weighted by Crippen LogP contribution is 2.38. The van der Waals surface area contributed by atoms with Crippen LogP contribution < -0.4 is 5.32 Å². The van der Waals surface area contributed by atoms with E-state index in [1.54, 1.807) is 36.4 Å². The Labute approximate surface area is 236 Å². The number of para-hydroxylation sites is 2. The zero-order chi connectivity index (χ0) is 32.7. The number of furan rings is 2. The third kappa shape index (κ3) is 3.59. The number of benzene rings is 6. The van der Waals surface area contributed by atoms with Crippen molar-refractivity contribution >= 4 is 55.3 Å². The molecule has 0 saturated heterocycles. The molecule has 2 aromatic heterocycles. The van der Waals surface area contributed by atoms with Gasteiger partial charge in [-0.3, -0.25) is 0 Å². The molecule has 39 heavy (non-hydrogen) atoms. The Kier molecular flexibility index (Phi) is 3.37. The van der Waals surface area contributed by atoms with E-state index in [2.05, 4.69) is 5.32 Å². The van der Waals surface area contributed by atoms with Gasteiger partial charge in [0, 0.05) is 32.9 Å². The van der Waals surface area contributed by atoms with Gasteiger partial charge in [0.15, 0.2) is 0 Å². The summed E-state index contributed by atoms with van der Waals surface area (Å²) < 4.78 is 83.2.